The fourth-order valence-corrected chi connectivity index (χ4v) is 4.73. The lowest BCUT2D eigenvalue weighted by molar-refractivity contribution is -0.141. The first kappa shape index (κ1) is 23.0. The van der Waals surface area contributed by atoms with Crippen molar-refractivity contribution in [1.82, 2.24) is 9.80 Å². The van der Waals surface area contributed by atoms with Crippen molar-refractivity contribution >= 4 is 17.8 Å². The molecule has 6 heteroatoms. The molecule has 2 saturated heterocycles. The molecule has 0 saturated carbocycles. The third-order valence-corrected chi connectivity index (χ3v) is 6.63. The van der Waals surface area contributed by atoms with Crippen LogP contribution in [0.5, 0.6) is 0 Å². The Kier molecular flexibility index (Phi) is 7.43. The predicted molar refractivity (Wildman–Crippen MR) is 125 cm³/mol. The van der Waals surface area contributed by atoms with Crippen molar-refractivity contribution in [3.8, 4) is 0 Å². The zero-order valence-corrected chi connectivity index (χ0v) is 19.2. The van der Waals surface area contributed by atoms with Crippen LogP contribution in [0.3, 0.4) is 0 Å². The summed E-state index contributed by atoms with van der Waals surface area (Å²) in [5, 5.41) is 0. The number of piperidine rings is 1. The highest BCUT2D eigenvalue weighted by molar-refractivity contribution is 5.92. The summed E-state index contributed by atoms with van der Waals surface area (Å²) >= 11 is 0. The van der Waals surface area contributed by atoms with E-state index in [2.05, 4.69) is 24.3 Å². The highest BCUT2D eigenvalue weighted by Gasteiger charge is 2.28. The molecule has 2 amide bonds. The average Bonchev–Trinajstić information content (AvgIpc) is 3.24. The van der Waals surface area contributed by atoms with Crippen LogP contribution in [0.1, 0.15) is 54.1 Å². The molecule has 0 aliphatic carbocycles. The Morgan fingerprint density at radius 1 is 1.00 bits per heavy atom. The van der Waals surface area contributed by atoms with E-state index < -0.39 is 12.1 Å². The number of amides is 2. The van der Waals surface area contributed by atoms with Gasteiger partial charge in [-0.1, -0.05) is 42.5 Å². The van der Waals surface area contributed by atoms with Crippen molar-refractivity contribution in [3.05, 3.63) is 71.3 Å². The minimum absolute atomic E-state index is 0.139. The highest BCUT2D eigenvalue weighted by Crippen LogP contribution is 2.23. The number of esters is 1. The SMILES string of the molecule is CC(OC(=O)c1cccc(CN2CCCC2=O)c1)C(=O)N1CCC(Cc2ccccc2)CC1. The fourth-order valence-electron chi connectivity index (χ4n) is 4.73. The molecule has 4 rings (SSSR count). The molecule has 2 aromatic carbocycles. The maximum absolute atomic E-state index is 12.9. The first-order chi connectivity index (χ1) is 16.0. The maximum atomic E-state index is 12.9. The van der Waals surface area contributed by atoms with Crippen molar-refractivity contribution < 1.29 is 19.1 Å². The molecule has 0 bridgehead atoms. The second-order valence-corrected chi connectivity index (χ2v) is 9.13. The molecule has 174 valence electrons. The molecule has 33 heavy (non-hydrogen) atoms. The second kappa shape index (κ2) is 10.6. The first-order valence-electron chi connectivity index (χ1n) is 11.9. The quantitative estimate of drug-likeness (QED) is 0.604. The van der Waals surface area contributed by atoms with Gasteiger partial charge in [0.25, 0.3) is 5.91 Å². The van der Waals surface area contributed by atoms with E-state index in [1.165, 1.54) is 5.56 Å². The predicted octanol–water partition coefficient (Wildman–Crippen LogP) is 3.84. The van der Waals surface area contributed by atoms with E-state index in [4.69, 9.17) is 4.74 Å². The van der Waals surface area contributed by atoms with E-state index in [1.807, 2.05) is 17.0 Å². The van der Waals surface area contributed by atoms with E-state index in [0.717, 1.165) is 37.8 Å². The van der Waals surface area contributed by atoms with Gasteiger partial charge in [-0.2, -0.15) is 0 Å². The monoisotopic (exact) mass is 448 g/mol. The third-order valence-electron chi connectivity index (χ3n) is 6.63. The summed E-state index contributed by atoms with van der Waals surface area (Å²) < 4.78 is 5.51. The zero-order chi connectivity index (χ0) is 23.2. The smallest absolute Gasteiger partial charge is 0.338 e. The topological polar surface area (TPSA) is 66.9 Å². The van der Waals surface area contributed by atoms with Crippen molar-refractivity contribution in [2.24, 2.45) is 5.92 Å². The molecule has 2 fully saturated rings. The number of carbonyl (C=O) groups excluding carboxylic acids is 3. The molecule has 1 unspecified atom stereocenters. The van der Waals surface area contributed by atoms with Gasteiger partial charge in [0.15, 0.2) is 6.10 Å². The summed E-state index contributed by atoms with van der Waals surface area (Å²) in [5.74, 6) is 0.0685. The van der Waals surface area contributed by atoms with Crippen molar-refractivity contribution in [3.63, 3.8) is 0 Å². The number of ether oxygens (including phenoxy) is 1. The van der Waals surface area contributed by atoms with Crippen molar-refractivity contribution in [2.75, 3.05) is 19.6 Å². The maximum Gasteiger partial charge on any atom is 0.338 e. The summed E-state index contributed by atoms with van der Waals surface area (Å²) in [6.07, 6.45) is 3.59. The Hall–Kier alpha value is -3.15. The van der Waals surface area contributed by atoms with E-state index in [1.54, 1.807) is 30.0 Å². The summed E-state index contributed by atoms with van der Waals surface area (Å²) in [7, 11) is 0. The summed E-state index contributed by atoms with van der Waals surface area (Å²) in [6.45, 7) is 4.27. The number of hydrogen-bond donors (Lipinski definition) is 0. The van der Waals surface area contributed by atoms with Gasteiger partial charge in [-0.05, 0) is 61.8 Å². The lowest BCUT2D eigenvalue weighted by atomic mass is 9.90. The second-order valence-electron chi connectivity index (χ2n) is 9.13. The minimum Gasteiger partial charge on any atom is -0.449 e. The van der Waals surface area contributed by atoms with Gasteiger partial charge in [0.1, 0.15) is 0 Å². The van der Waals surface area contributed by atoms with E-state index in [0.29, 0.717) is 37.5 Å². The van der Waals surface area contributed by atoms with Gasteiger partial charge in [-0.25, -0.2) is 4.79 Å². The van der Waals surface area contributed by atoms with Crippen molar-refractivity contribution in [1.29, 1.82) is 0 Å². The van der Waals surface area contributed by atoms with Crippen LogP contribution in [0.25, 0.3) is 0 Å². The molecule has 0 aromatic heterocycles. The van der Waals surface area contributed by atoms with Crippen LogP contribution in [-0.2, 0) is 27.3 Å². The van der Waals surface area contributed by atoms with E-state index in [-0.39, 0.29) is 11.8 Å². The Labute approximate surface area is 195 Å². The highest BCUT2D eigenvalue weighted by atomic mass is 16.5. The average molecular weight is 449 g/mol. The molecule has 0 N–H and O–H groups in total. The van der Waals surface area contributed by atoms with Crippen LogP contribution in [0.4, 0.5) is 0 Å². The van der Waals surface area contributed by atoms with Gasteiger partial charge >= 0.3 is 5.97 Å². The summed E-state index contributed by atoms with van der Waals surface area (Å²) in [6, 6.07) is 17.6. The number of likely N-dealkylation sites (tertiary alicyclic amines) is 2. The molecule has 1 atom stereocenters. The molecular formula is C27H32N2O4. The van der Waals surface area contributed by atoms with Crippen LogP contribution in [0, 0.1) is 5.92 Å². The molecule has 0 spiro atoms. The summed E-state index contributed by atoms with van der Waals surface area (Å²) in [4.78, 5) is 41.0. The number of carbonyl (C=O) groups is 3. The van der Waals surface area contributed by atoms with Crippen LogP contribution < -0.4 is 0 Å². The number of nitrogens with zero attached hydrogens (tertiary/aromatic N) is 2. The molecular weight excluding hydrogens is 416 g/mol. The normalized spacial score (nSPS) is 17.8. The largest absolute Gasteiger partial charge is 0.449 e. The standard InChI is InChI=1S/C27H32N2O4/c1-20(26(31)28-15-12-22(13-16-28)17-21-7-3-2-4-8-21)33-27(32)24-10-5-9-23(18-24)19-29-14-6-11-25(29)30/h2-5,7-10,18,20,22H,6,11-17,19H2,1H3. The molecule has 2 heterocycles. The van der Waals surface area contributed by atoms with Crippen LogP contribution in [0.2, 0.25) is 0 Å². The minimum atomic E-state index is -0.827. The number of rotatable bonds is 7. The van der Waals surface area contributed by atoms with Gasteiger partial charge in [0.05, 0.1) is 5.56 Å². The zero-order valence-electron chi connectivity index (χ0n) is 19.2. The Balaban J connectivity index is 1.27. The van der Waals surface area contributed by atoms with Gasteiger partial charge in [-0.3, -0.25) is 9.59 Å². The first-order valence-corrected chi connectivity index (χ1v) is 11.9. The van der Waals surface area contributed by atoms with Gasteiger partial charge in [-0.15, -0.1) is 0 Å². The van der Waals surface area contributed by atoms with Crippen LogP contribution in [-0.4, -0.2) is 53.3 Å². The van der Waals surface area contributed by atoms with Crippen LogP contribution >= 0.6 is 0 Å². The lowest BCUT2D eigenvalue weighted by Crippen LogP contribution is -2.44. The Bertz CT molecular complexity index is 983. The van der Waals surface area contributed by atoms with E-state index in [9.17, 15) is 14.4 Å². The molecule has 2 aliphatic heterocycles. The Morgan fingerprint density at radius 3 is 2.42 bits per heavy atom. The number of hydrogen-bond acceptors (Lipinski definition) is 4. The van der Waals surface area contributed by atoms with E-state index >= 15 is 0 Å². The van der Waals surface area contributed by atoms with Gasteiger partial charge in [0.2, 0.25) is 5.91 Å². The van der Waals surface area contributed by atoms with Gasteiger partial charge in [0, 0.05) is 32.6 Å². The molecule has 2 aliphatic rings. The molecule has 0 radical (unpaired) electrons. The van der Waals surface area contributed by atoms with Crippen molar-refractivity contribution in [2.45, 2.75) is 51.7 Å². The third kappa shape index (κ3) is 6.01. The Morgan fingerprint density at radius 2 is 1.73 bits per heavy atom. The molecule has 6 nitrogen and oxygen atoms in total. The number of benzene rings is 2. The molecule has 2 aromatic rings. The van der Waals surface area contributed by atoms with Gasteiger partial charge < -0.3 is 14.5 Å². The van der Waals surface area contributed by atoms with Crippen LogP contribution in [0.15, 0.2) is 54.6 Å². The summed E-state index contributed by atoms with van der Waals surface area (Å²) in [5.41, 5.74) is 2.63. The fraction of sp³-hybridized carbons (Fsp3) is 0.444. The lowest BCUT2D eigenvalue weighted by Gasteiger charge is -2.33.